The molecule has 4 N–H and O–H groups in total. The number of hydrogen-bond acceptors (Lipinski definition) is 5. The molecule has 0 saturated carbocycles. The zero-order chi connectivity index (χ0) is 22.3. The third kappa shape index (κ3) is 29.6. The Balaban J connectivity index is 0. The van der Waals surface area contributed by atoms with Gasteiger partial charge in [-0.05, 0) is 25.7 Å². The molecule has 0 aliphatic rings. The minimum Gasteiger partial charge on any atom is -0.635 e. The van der Waals surface area contributed by atoms with E-state index in [1.165, 1.54) is 71.9 Å². The van der Waals surface area contributed by atoms with Crippen molar-refractivity contribution in [3.8, 4) is 0 Å². The van der Waals surface area contributed by atoms with Crippen LogP contribution in [0.1, 0.15) is 117 Å². The third-order valence-electron chi connectivity index (χ3n) is 4.74. The Kier molecular flexibility index (Phi) is 24.8. The fraction of sp³-hybridized carbons (Fsp3) is 0.957. The molecule has 0 fully saturated rings. The number of carbonyl (C=O) groups is 1. The summed E-state index contributed by atoms with van der Waals surface area (Å²) >= 11 is 0. The van der Waals surface area contributed by atoms with E-state index in [0.717, 1.165) is 32.1 Å². The molecule has 0 aliphatic carbocycles. The lowest BCUT2D eigenvalue weighted by Gasteiger charge is -2.10. The van der Waals surface area contributed by atoms with Crippen molar-refractivity contribution in [1.82, 2.24) is 0 Å². The highest BCUT2D eigenvalue weighted by molar-refractivity contribution is 5.69. The van der Waals surface area contributed by atoms with Gasteiger partial charge in [0.25, 0.3) is 0 Å². The molecule has 176 valence electrons. The standard InChI is InChI=1S/C21H43NO3.C2H7NO/c1-3-5-6-13-16-19(23)17-14-11-9-7-8-10-12-15-18-21(24)25-20(22)4-2;1-3(2)4/h19-20,23H,3-18,22H2,1-2H3;3H,1-2H3. The summed E-state index contributed by atoms with van der Waals surface area (Å²) in [6.07, 6.45) is 16.9. The van der Waals surface area contributed by atoms with Crippen molar-refractivity contribution in [2.75, 3.05) is 14.1 Å². The molecule has 29 heavy (non-hydrogen) atoms. The van der Waals surface area contributed by atoms with Gasteiger partial charge in [0, 0.05) is 6.42 Å². The summed E-state index contributed by atoms with van der Waals surface area (Å²) in [5.74, 6) is -0.164. The van der Waals surface area contributed by atoms with Crippen LogP contribution >= 0.6 is 0 Å². The molecule has 0 aromatic rings. The van der Waals surface area contributed by atoms with Gasteiger partial charge in [-0.1, -0.05) is 84.5 Å². The zero-order valence-corrected chi connectivity index (χ0v) is 19.7. The van der Waals surface area contributed by atoms with Gasteiger partial charge in [-0.2, -0.15) is 0 Å². The molecule has 0 heterocycles. The topological polar surface area (TPSA) is 100 Å². The van der Waals surface area contributed by atoms with Gasteiger partial charge in [0.05, 0.1) is 20.2 Å². The third-order valence-corrected chi connectivity index (χ3v) is 4.74. The van der Waals surface area contributed by atoms with Gasteiger partial charge in [-0.3, -0.25) is 10.5 Å². The average Bonchev–Trinajstić information content (AvgIpc) is 2.66. The van der Waals surface area contributed by atoms with Crippen LogP contribution in [0.4, 0.5) is 0 Å². The second-order valence-corrected chi connectivity index (χ2v) is 8.22. The molecule has 0 aromatic heterocycles. The fourth-order valence-electron chi connectivity index (χ4n) is 2.97. The summed E-state index contributed by atoms with van der Waals surface area (Å²) in [7, 11) is 3.06. The number of quaternary nitrogens is 1. The molecular formula is C23H50N2O4. The fourth-order valence-corrected chi connectivity index (χ4v) is 2.97. The molecule has 0 amide bonds. The Bertz CT molecular complexity index is 338. The monoisotopic (exact) mass is 418 g/mol. The Morgan fingerprint density at radius 1 is 0.897 bits per heavy atom. The van der Waals surface area contributed by atoms with E-state index in [1.807, 2.05) is 6.92 Å². The number of aliphatic hydroxyl groups excluding tert-OH is 1. The SMILES string of the molecule is CCCCCCC(O)CCCCCCCCCCC(=O)OC(N)CC.C[NH+](C)[O-]. The maximum Gasteiger partial charge on any atom is 0.307 e. The summed E-state index contributed by atoms with van der Waals surface area (Å²) in [4.78, 5) is 11.5. The molecule has 0 aromatic carbocycles. The van der Waals surface area contributed by atoms with Crippen LogP contribution in [0.5, 0.6) is 0 Å². The number of hydroxylamine groups is 2. The molecule has 0 bridgehead atoms. The highest BCUT2D eigenvalue weighted by Gasteiger charge is 2.07. The lowest BCUT2D eigenvalue weighted by atomic mass is 10.0. The molecule has 0 saturated heterocycles. The molecule has 2 atom stereocenters. The lowest BCUT2D eigenvalue weighted by Crippen LogP contribution is -3.00. The van der Waals surface area contributed by atoms with Gasteiger partial charge in [0.1, 0.15) is 0 Å². The van der Waals surface area contributed by atoms with E-state index in [2.05, 4.69) is 6.92 Å². The van der Waals surface area contributed by atoms with Crippen LogP contribution in [0.25, 0.3) is 0 Å². The van der Waals surface area contributed by atoms with Gasteiger partial charge >= 0.3 is 5.97 Å². The van der Waals surface area contributed by atoms with Crippen molar-refractivity contribution in [3.63, 3.8) is 0 Å². The number of esters is 1. The van der Waals surface area contributed by atoms with Crippen LogP contribution in [0, 0.1) is 5.21 Å². The number of nitrogens with one attached hydrogen (secondary N) is 1. The first-order chi connectivity index (χ1) is 13.8. The molecule has 6 heteroatoms. The van der Waals surface area contributed by atoms with E-state index in [9.17, 15) is 15.1 Å². The van der Waals surface area contributed by atoms with Gasteiger partial charge in [0.15, 0.2) is 6.23 Å². The number of rotatable bonds is 18. The van der Waals surface area contributed by atoms with Crippen molar-refractivity contribution in [1.29, 1.82) is 0 Å². The van der Waals surface area contributed by atoms with E-state index in [-0.39, 0.29) is 17.1 Å². The summed E-state index contributed by atoms with van der Waals surface area (Å²) in [5, 5.41) is 19.5. The molecule has 0 radical (unpaired) electrons. The Morgan fingerprint density at radius 2 is 1.31 bits per heavy atom. The normalized spacial score (nSPS) is 13.0. The van der Waals surface area contributed by atoms with E-state index in [4.69, 9.17) is 10.5 Å². The van der Waals surface area contributed by atoms with Crippen molar-refractivity contribution in [2.45, 2.75) is 129 Å². The van der Waals surface area contributed by atoms with Crippen LogP contribution in [0.3, 0.4) is 0 Å². The van der Waals surface area contributed by atoms with Gasteiger partial charge in [-0.15, -0.1) is 0 Å². The Labute approximate surface area is 180 Å². The first kappa shape index (κ1) is 30.5. The highest BCUT2D eigenvalue weighted by Crippen LogP contribution is 2.14. The number of ether oxygens (including phenoxy) is 1. The summed E-state index contributed by atoms with van der Waals surface area (Å²) in [6, 6.07) is 0. The molecule has 2 unspecified atom stereocenters. The van der Waals surface area contributed by atoms with Crippen molar-refractivity contribution in [3.05, 3.63) is 5.21 Å². The maximum atomic E-state index is 11.5. The second-order valence-electron chi connectivity index (χ2n) is 8.22. The Morgan fingerprint density at radius 3 is 1.76 bits per heavy atom. The lowest BCUT2D eigenvalue weighted by molar-refractivity contribution is -0.802. The van der Waals surface area contributed by atoms with Crippen molar-refractivity contribution >= 4 is 5.97 Å². The number of unbranched alkanes of at least 4 members (excludes halogenated alkanes) is 10. The number of nitrogens with two attached hydrogens (primary N) is 1. The number of aliphatic hydroxyl groups is 1. The van der Waals surface area contributed by atoms with Crippen molar-refractivity contribution in [2.24, 2.45) is 5.73 Å². The van der Waals surface area contributed by atoms with E-state index in [1.54, 1.807) is 0 Å². The highest BCUT2D eigenvalue weighted by atomic mass is 16.6. The van der Waals surface area contributed by atoms with Crippen LogP contribution in [0.2, 0.25) is 0 Å². The maximum absolute atomic E-state index is 11.5. The van der Waals surface area contributed by atoms with Crippen LogP contribution in [-0.4, -0.2) is 37.5 Å². The van der Waals surface area contributed by atoms with Crippen LogP contribution < -0.4 is 10.8 Å². The zero-order valence-electron chi connectivity index (χ0n) is 19.7. The number of carbonyl (C=O) groups excluding carboxylic acids is 1. The minimum absolute atomic E-state index is 0.0857. The quantitative estimate of drug-likeness (QED) is 0.135. The molecular weight excluding hydrogens is 368 g/mol. The summed E-state index contributed by atoms with van der Waals surface area (Å²) in [6.45, 7) is 4.13. The van der Waals surface area contributed by atoms with Crippen LogP contribution in [0.15, 0.2) is 0 Å². The average molecular weight is 419 g/mol. The van der Waals surface area contributed by atoms with E-state index >= 15 is 0 Å². The summed E-state index contributed by atoms with van der Waals surface area (Å²) < 4.78 is 5.05. The van der Waals surface area contributed by atoms with E-state index < -0.39 is 6.23 Å². The van der Waals surface area contributed by atoms with Crippen LogP contribution in [-0.2, 0) is 9.53 Å². The van der Waals surface area contributed by atoms with Gasteiger partial charge in [0.2, 0.25) is 0 Å². The Hall–Kier alpha value is -0.690. The minimum atomic E-state index is -0.442. The number of hydrogen-bond donors (Lipinski definition) is 3. The molecule has 0 aliphatic heterocycles. The largest absolute Gasteiger partial charge is 0.635 e. The van der Waals surface area contributed by atoms with Crippen molar-refractivity contribution < 1.29 is 19.7 Å². The molecule has 6 nitrogen and oxygen atoms in total. The molecule has 0 rings (SSSR count). The van der Waals surface area contributed by atoms with Gasteiger partial charge < -0.3 is 20.1 Å². The van der Waals surface area contributed by atoms with Gasteiger partial charge in [-0.25, -0.2) is 0 Å². The first-order valence-corrected chi connectivity index (χ1v) is 11.9. The predicted molar refractivity (Wildman–Crippen MR) is 121 cm³/mol. The van der Waals surface area contributed by atoms with E-state index in [0.29, 0.717) is 12.8 Å². The first-order valence-electron chi connectivity index (χ1n) is 11.9. The molecule has 0 spiro atoms. The second kappa shape index (κ2) is 23.6. The smallest absolute Gasteiger partial charge is 0.307 e. The predicted octanol–water partition coefficient (Wildman–Crippen LogP) is 4.09. The summed E-state index contributed by atoms with van der Waals surface area (Å²) in [5.41, 5.74) is 5.58.